The Balaban J connectivity index is 1.93. The summed E-state index contributed by atoms with van der Waals surface area (Å²) in [5.74, 6) is 1.10. The van der Waals surface area contributed by atoms with Gasteiger partial charge in [0, 0.05) is 22.0 Å². The molecule has 1 N–H and O–H groups in total. The highest BCUT2D eigenvalue weighted by Crippen LogP contribution is 2.38. The second-order valence-electron chi connectivity index (χ2n) is 5.56. The number of thiophene rings is 1. The van der Waals surface area contributed by atoms with Crippen molar-refractivity contribution in [1.82, 2.24) is 9.78 Å². The third-order valence-corrected chi connectivity index (χ3v) is 5.51. The average molecular weight is 330 g/mol. The van der Waals surface area contributed by atoms with Crippen molar-refractivity contribution in [3.63, 3.8) is 0 Å². The largest absolute Gasteiger partial charge is 0.369 e. The highest BCUT2D eigenvalue weighted by Gasteiger charge is 2.25. The first-order valence-corrected chi connectivity index (χ1v) is 8.52. The summed E-state index contributed by atoms with van der Waals surface area (Å²) in [6.07, 6.45) is 1.02. The lowest BCUT2D eigenvalue weighted by molar-refractivity contribution is 0.876. The molecule has 3 aromatic rings. The Hall–Kier alpha value is -1.78. The van der Waals surface area contributed by atoms with Crippen LogP contribution in [0, 0.1) is 13.8 Å². The molecule has 0 saturated heterocycles. The summed E-state index contributed by atoms with van der Waals surface area (Å²) < 4.78 is 2.01. The highest BCUT2D eigenvalue weighted by atomic mass is 35.5. The number of hydrogen-bond donors (Lipinski definition) is 1. The Labute approximate surface area is 138 Å². The number of anilines is 1. The van der Waals surface area contributed by atoms with E-state index in [1.54, 1.807) is 11.3 Å². The molecule has 0 radical (unpaired) electrons. The van der Waals surface area contributed by atoms with E-state index in [0.717, 1.165) is 40.8 Å². The van der Waals surface area contributed by atoms with Gasteiger partial charge in [-0.3, -0.25) is 0 Å². The predicted molar refractivity (Wildman–Crippen MR) is 93.6 cm³/mol. The monoisotopic (exact) mass is 329 g/mol. The number of aryl methyl sites for hydroxylation is 1. The number of rotatable bonds is 2. The molecule has 0 atom stereocenters. The molecule has 0 amide bonds. The summed E-state index contributed by atoms with van der Waals surface area (Å²) >= 11 is 8.08. The minimum Gasteiger partial charge on any atom is -0.369 e. The number of nitrogens with zero attached hydrogens (tertiary/aromatic N) is 2. The highest BCUT2D eigenvalue weighted by molar-refractivity contribution is 7.15. The van der Waals surface area contributed by atoms with Crippen molar-refractivity contribution in [1.29, 1.82) is 0 Å². The van der Waals surface area contributed by atoms with E-state index in [1.165, 1.54) is 15.3 Å². The Morgan fingerprint density at radius 2 is 2.09 bits per heavy atom. The van der Waals surface area contributed by atoms with E-state index < -0.39 is 0 Å². The maximum atomic E-state index is 6.28. The summed E-state index contributed by atoms with van der Waals surface area (Å²) in [5, 5.41) is 9.14. The zero-order valence-electron chi connectivity index (χ0n) is 12.5. The van der Waals surface area contributed by atoms with Crippen LogP contribution in [0.4, 0.5) is 5.82 Å². The van der Waals surface area contributed by atoms with Gasteiger partial charge in [0.1, 0.15) is 11.5 Å². The number of benzene rings is 1. The van der Waals surface area contributed by atoms with Gasteiger partial charge in [-0.25, -0.2) is 4.68 Å². The lowest BCUT2D eigenvalue weighted by Crippen LogP contribution is -2.05. The summed E-state index contributed by atoms with van der Waals surface area (Å²) in [6, 6.07) is 10.3. The molecular weight excluding hydrogens is 314 g/mol. The molecule has 22 heavy (non-hydrogen) atoms. The number of aromatic nitrogens is 2. The van der Waals surface area contributed by atoms with E-state index >= 15 is 0 Å². The van der Waals surface area contributed by atoms with Gasteiger partial charge in [-0.15, -0.1) is 11.3 Å². The molecule has 0 saturated carbocycles. The van der Waals surface area contributed by atoms with Crippen LogP contribution < -0.4 is 5.32 Å². The second-order valence-corrected chi connectivity index (χ2v) is 7.25. The van der Waals surface area contributed by atoms with Gasteiger partial charge >= 0.3 is 0 Å². The lowest BCUT2D eigenvalue weighted by atomic mass is 10.2. The molecule has 1 aliphatic heterocycles. The van der Waals surface area contributed by atoms with Crippen LogP contribution in [0.3, 0.4) is 0 Å². The molecule has 0 unspecified atom stereocenters. The van der Waals surface area contributed by atoms with E-state index in [0.29, 0.717) is 0 Å². The van der Waals surface area contributed by atoms with Crippen molar-refractivity contribution in [3.05, 3.63) is 51.4 Å². The lowest BCUT2D eigenvalue weighted by Gasteiger charge is -2.10. The minimum atomic E-state index is 0.772. The Bertz CT molecular complexity index is 863. The molecule has 0 spiro atoms. The molecule has 3 nitrogen and oxygen atoms in total. The van der Waals surface area contributed by atoms with Gasteiger partial charge in [-0.2, -0.15) is 5.10 Å². The molecule has 0 fully saturated rings. The molecule has 112 valence electrons. The fourth-order valence-electron chi connectivity index (χ4n) is 2.93. The summed E-state index contributed by atoms with van der Waals surface area (Å²) in [7, 11) is 0. The first-order chi connectivity index (χ1) is 10.6. The van der Waals surface area contributed by atoms with Crippen LogP contribution in [0.15, 0.2) is 30.3 Å². The first kappa shape index (κ1) is 13.9. The van der Waals surface area contributed by atoms with Gasteiger partial charge in [0.25, 0.3) is 0 Å². The Kier molecular flexibility index (Phi) is 3.24. The minimum absolute atomic E-state index is 0.772. The fourth-order valence-corrected chi connectivity index (χ4v) is 3.98. The molecule has 0 bridgehead atoms. The molecule has 5 heteroatoms. The van der Waals surface area contributed by atoms with Gasteiger partial charge in [-0.05, 0) is 50.1 Å². The van der Waals surface area contributed by atoms with Crippen LogP contribution >= 0.6 is 22.9 Å². The molecule has 1 aromatic carbocycles. The van der Waals surface area contributed by atoms with E-state index in [4.69, 9.17) is 16.7 Å². The van der Waals surface area contributed by atoms with Crippen LogP contribution in [0.25, 0.3) is 16.3 Å². The van der Waals surface area contributed by atoms with Crippen LogP contribution in [0.5, 0.6) is 0 Å². The van der Waals surface area contributed by atoms with E-state index in [-0.39, 0.29) is 0 Å². The van der Waals surface area contributed by atoms with E-state index in [2.05, 4.69) is 30.4 Å². The van der Waals surface area contributed by atoms with Crippen molar-refractivity contribution in [3.8, 4) is 16.3 Å². The zero-order valence-corrected chi connectivity index (χ0v) is 14.1. The van der Waals surface area contributed by atoms with Crippen LogP contribution in [-0.2, 0) is 6.42 Å². The van der Waals surface area contributed by atoms with Crippen LogP contribution in [-0.4, -0.2) is 16.3 Å². The third-order valence-electron chi connectivity index (χ3n) is 4.09. The van der Waals surface area contributed by atoms with Crippen LogP contribution in [0.1, 0.15) is 16.0 Å². The van der Waals surface area contributed by atoms with Crippen molar-refractivity contribution in [2.24, 2.45) is 0 Å². The van der Waals surface area contributed by atoms with E-state index in [1.807, 2.05) is 23.7 Å². The maximum Gasteiger partial charge on any atom is 0.133 e. The molecule has 4 rings (SSSR count). The fraction of sp³-hybridized carbons (Fsp3) is 0.235. The molecule has 1 aliphatic rings. The third kappa shape index (κ3) is 2.06. The first-order valence-electron chi connectivity index (χ1n) is 7.33. The number of hydrogen-bond acceptors (Lipinski definition) is 3. The quantitative estimate of drug-likeness (QED) is 0.729. The van der Waals surface area contributed by atoms with Gasteiger partial charge in [0.05, 0.1) is 10.6 Å². The second kappa shape index (κ2) is 5.14. The number of halogens is 1. The zero-order chi connectivity index (χ0) is 15.3. The van der Waals surface area contributed by atoms with Crippen molar-refractivity contribution < 1.29 is 0 Å². The topological polar surface area (TPSA) is 29.9 Å². The number of nitrogens with one attached hydrogen (secondary N) is 1. The molecule has 3 heterocycles. The molecule has 0 aliphatic carbocycles. The standard InChI is InChI=1S/C17H16ClN3S/c1-10-6-7-15(22-10)16-12-8-9-19-17(12)21(20-16)14-5-3-4-13(18)11(14)2/h3-7,19H,8-9H2,1-2H3. The van der Waals surface area contributed by atoms with Crippen molar-refractivity contribution >= 4 is 28.8 Å². The smallest absolute Gasteiger partial charge is 0.133 e. The van der Waals surface area contributed by atoms with Crippen LogP contribution in [0.2, 0.25) is 5.02 Å². The Morgan fingerprint density at radius 1 is 1.23 bits per heavy atom. The van der Waals surface area contributed by atoms with Crippen molar-refractivity contribution in [2.75, 3.05) is 11.9 Å². The van der Waals surface area contributed by atoms with Gasteiger partial charge < -0.3 is 5.32 Å². The summed E-state index contributed by atoms with van der Waals surface area (Å²) in [4.78, 5) is 2.54. The average Bonchev–Trinajstić information content (AvgIpc) is 3.18. The SMILES string of the molecule is Cc1ccc(-c2nn(-c3cccc(Cl)c3C)c3c2CCN3)s1. The van der Waals surface area contributed by atoms with E-state index in [9.17, 15) is 0 Å². The molecule has 2 aromatic heterocycles. The molecular formula is C17H16ClN3S. The number of fused-ring (bicyclic) bond motifs is 1. The summed E-state index contributed by atoms with van der Waals surface area (Å²) in [5.41, 5.74) is 4.49. The normalized spacial score (nSPS) is 13.2. The summed E-state index contributed by atoms with van der Waals surface area (Å²) in [6.45, 7) is 5.13. The van der Waals surface area contributed by atoms with Crippen molar-refractivity contribution in [2.45, 2.75) is 20.3 Å². The van der Waals surface area contributed by atoms with Gasteiger partial charge in [-0.1, -0.05) is 17.7 Å². The van der Waals surface area contributed by atoms with Gasteiger partial charge in [0.15, 0.2) is 0 Å². The predicted octanol–water partition coefficient (Wildman–Crippen LogP) is 4.84. The maximum absolute atomic E-state index is 6.28. The van der Waals surface area contributed by atoms with Gasteiger partial charge in [0.2, 0.25) is 0 Å². The Morgan fingerprint density at radius 3 is 2.86 bits per heavy atom.